The van der Waals surface area contributed by atoms with E-state index in [0.29, 0.717) is 5.56 Å². The zero-order valence-corrected chi connectivity index (χ0v) is 10.8. The number of carbonyl (C=O) groups is 1. The summed E-state index contributed by atoms with van der Waals surface area (Å²) in [6.45, 7) is 1.55. The summed E-state index contributed by atoms with van der Waals surface area (Å²) in [5.74, 6) is -0.698. The lowest BCUT2D eigenvalue weighted by Gasteiger charge is -2.04. The Morgan fingerprint density at radius 2 is 2.05 bits per heavy atom. The van der Waals surface area contributed by atoms with E-state index in [9.17, 15) is 24.5 Å². The van der Waals surface area contributed by atoms with Crippen molar-refractivity contribution in [2.75, 3.05) is 5.32 Å². The van der Waals surface area contributed by atoms with Crippen molar-refractivity contribution in [3.8, 4) is 0 Å². The van der Waals surface area contributed by atoms with Gasteiger partial charge in [-0.2, -0.15) is 0 Å². The van der Waals surface area contributed by atoms with Gasteiger partial charge in [0.15, 0.2) is 0 Å². The second-order valence-corrected chi connectivity index (χ2v) is 4.20. The molecule has 0 aliphatic carbocycles. The number of aromatic nitrogens is 2. The molecule has 1 aromatic heterocycles. The highest BCUT2D eigenvalue weighted by Gasteiger charge is 2.15. The van der Waals surface area contributed by atoms with Gasteiger partial charge in [-0.15, -0.1) is 0 Å². The summed E-state index contributed by atoms with van der Waals surface area (Å²) in [5.41, 5.74) is -1.39. The smallest absolute Gasteiger partial charge is 0.316 e. The van der Waals surface area contributed by atoms with Gasteiger partial charge in [0.2, 0.25) is 0 Å². The number of carbonyl (C=O) groups excluding carboxylic acids is 1. The molecule has 1 aromatic carbocycles. The first-order valence-electron chi connectivity index (χ1n) is 5.77. The molecule has 108 valence electrons. The van der Waals surface area contributed by atoms with Crippen molar-refractivity contribution in [2.45, 2.75) is 6.92 Å². The Labute approximate surface area is 116 Å². The zero-order chi connectivity index (χ0) is 15.6. The molecule has 0 fully saturated rings. The quantitative estimate of drug-likeness (QED) is 0.559. The van der Waals surface area contributed by atoms with Gasteiger partial charge in [-0.05, 0) is 13.0 Å². The van der Waals surface area contributed by atoms with E-state index in [2.05, 4.69) is 10.3 Å². The summed E-state index contributed by atoms with van der Waals surface area (Å²) in [5, 5.41) is 13.1. The van der Waals surface area contributed by atoms with Gasteiger partial charge in [0.1, 0.15) is 5.69 Å². The molecule has 0 aliphatic rings. The van der Waals surface area contributed by atoms with E-state index in [1.54, 1.807) is 6.92 Å². The molecule has 1 amide bonds. The number of H-pyrrole nitrogens is 2. The number of anilines is 1. The number of amides is 1. The fourth-order valence-electron chi connectivity index (χ4n) is 1.64. The number of benzene rings is 1. The molecule has 0 radical (unpaired) electrons. The highest BCUT2D eigenvalue weighted by molar-refractivity contribution is 6.04. The minimum Gasteiger partial charge on any atom is -0.316 e. The van der Waals surface area contributed by atoms with Gasteiger partial charge in [-0.3, -0.25) is 24.7 Å². The number of hydrogen-bond acceptors (Lipinski definition) is 5. The molecule has 0 aliphatic heterocycles. The average Bonchev–Trinajstić information content (AvgIpc) is 2.42. The van der Waals surface area contributed by atoms with E-state index in [1.807, 2.05) is 4.98 Å². The van der Waals surface area contributed by atoms with Crippen LogP contribution < -0.4 is 16.6 Å². The number of nitro groups is 1. The first-order valence-corrected chi connectivity index (χ1v) is 5.77. The number of hydrogen-bond donors (Lipinski definition) is 3. The minimum atomic E-state index is -0.770. The van der Waals surface area contributed by atoms with Crippen LogP contribution in [0.4, 0.5) is 11.4 Å². The fourth-order valence-corrected chi connectivity index (χ4v) is 1.64. The lowest BCUT2D eigenvalue weighted by atomic mass is 10.1. The van der Waals surface area contributed by atoms with Crippen LogP contribution in [0.1, 0.15) is 15.9 Å². The number of nitro benzene ring substituents is 1. The molecule has 0 spiro atoms. The summed E-state index contributed by atoms with van der Waals surface area (Å²) >= 11 is 0. The maximum absolute atomic E-state index is 12.0. The van der Waals surface area contributed by atoms with Crippen LogP contribution in [-0.2, 0) is 0 Å². The fraction of sp³-hybridized carbons (Fsp3) is 0.0833. The van der Waals surface area contributed by atoms with Crippen molar-refractivity contribution >= 4 is 17.3 Å². The Morgan fingerprint density at radius 1 is 1.33 bits per heavy atom. The van der Waals surface area contributed by atoms with Crippen LogP contribution in [0.5, 0.6) is 0 Å². The average molecular weight is 290 g/mol. The molecule has 0 saturated carbocycles. The first-order chi connectivity index (χ1) is 9.88. The Bertz CT molecular complexity index is 836. The molecule has 0 bridgehead atoms. The van der Waals surface area contributed by atoms with Crippen LogP contribution in [0.15, 0.2) is 34.0 Å². The Morgan fingerprint density at radius 3 is 2.67 bits per heavy atom. The van der Waals surface area contributed by atoms with E-state index in [0.717, 1.165) is 12.3 Å². The number of nitrogens with zero attached hydrogens (tertiary/aromatic N) is 1. The minimum absolute atomic E-state index is 0.0258. The van der Waals surface area contributed by atoms with Crippen LogP contribution >= 0.6 is 0 Å². The molecule has 3 N–H and O–H groups in total. The lowest BCUT2D eigenvalue weighted by Crippen LogP contribution is -2.26. The van der Waals surface area contributed by atoms with Crippen molar-refractivity contribution in [1.82, 2.24) is 9.97 Å². The Kier molecular flexibility index (Phi) is 3.65. The number of rotatable bonds is 3. The normalized spacial score (nSPS) is 10.1. The Balaban J connectivity index is 2.32. The summed E-state index contributed by atoms with van der Waals surface area (Å²) in [6, 6.07) is 3.95. The van der Waals surface area contributed by atoms with Gasteiger partial charge in [-0.1, -0.05) is 6.07 Å². The maximum Gasteiger partial charge on any atom is 0.325 e. The van der Waals surface area contributed by atoms with E-state index < -0.39 is 22.1 Å². The van der Waals surface area contributed by atoms with Crippen molar-refractivity contribution in [2.24, 2.45) is 0 Å². The Hall–Kier alpha value is -3.23. The van der Waals surface area contributed by atoms with Crippen molar-refractivity contribution < 1.29 is 9.72 Å². The predicted octanol–water partition coefficient (Wildman–Crippen LogP) is 0.532. The highest BCUT2D eigenvalue weighted by Crippen LogP contribution is 2.19. The lowest BCUT2D eigenvalue weighted by molar-refractivity contribution is -0.385. The van der Waals surface area contributed by atoms with Gasteiger partial charge >= 0.3 is 5.69 Å². The summed E-state index contributed by atoms with van der Waals surface area (Å²) in [6.07, 6.45) is 1.04. The molecular formula is C12H10N4O5. The largest absolute Gasteiger partial charge is 0.325 e. The molecule has 0 atom stereocenters. The van der Waals surface area contributed by atoms with E-state index >= 15 is 0 Å². The zero-order valence-electron chi connectivity index (χ0n) is 10.8. The van der Waals surface area contributed by atoms with Crippen molar-refractivity contribution in [1.29, 1.82) is 0 Å². The summed E-state index contributed by atoms with van der Waals surface area (Å²) in [7, 11) is 0. The standard InChI is InChI=1S/C12H10N4O5/c1-6-2-3-7(4-9(6)16(20)21)10(17)14-8-5-13-12(19)15-11(8)18/h2-5H,1H3,(H,14,17)(H2,13,15,18,19). The van der Waals surface area contributed by atoms with Crippen LogP contribution in [0.3, 0.4) is 0 Å². The third kappa shape index (κ3) is 3.03. The van der Waals surface area contributed by atoms with Crippen LogP contribution in [0, 0.1) is 17.0 Å². The van der Waals surface area contributed by atoms with E-state index in [4.69, 9.17) is 0 Å². The second kappa shape index (κ2) is 5.41. The second-order valence-electron chi connectivity index (χ2n) is 4.20. The predicted molar refractivity (Wildman–Crippen MR) is 73.5 cm³/mol. The van der Waals surface area contributed by atoms with Crippen LogP contribution in [0.2, 0.25) is 0 Å². The SMILES string of the molecule is Cc1ccc(C(=O)Nc2c[nH]c(=O)[nH]c2=O)cc1[N+](=O)[O-]. The maximum atomic E-state index is 12.0. The molecule has 0 saturated heterocycles. The van der Waals surface area contributed by atoms with Crippen molar-refractivity contribution in [3.63, 3.8) is 0 Å². The number of nitrogens with one attached hydrogen (secondary N) is 3. The highest BCUT2D eigenvalue weighted by atomic mass is 16.6. The van der Waals surface area contributed by atoms with E-state index in [-0.39, 0.29) is 16.9 Å². The summed E-state index contributed by atoms with van der Waals surface area (Å²) < 4.78 is 0. The molecule has 9 heteroatoms. The van der Waals surface area contributed by atoms with Gasteiger partial charge in [0.25, 0.3) is 17.2 Å². The molecule has 2 rings (SSSR count). The van der Waals surface area contributed by atoms with Crippen molar-refractivity contribution in [3.05, 3.63) is 66.5 Å². The van der Waals surface area contributed by atoms with Crippen LogP contribution in [0.25, 0.3) is 0 Å². The molecule has 21 heavy (non-hydrogen) atoms. The molecule has 2 aromatic rings. The molecule has 1 heterocycles. The van der Waals surface area contributed by atoms with Crippen LogP contribution in [-0.4, -0.2) is 20.8 Å². The number of aromatic amines is 2. The van der Waals surface area contributed by atoms with Gasteiger partial charge < -0.3 is 10.3 Å². The number of aryl methyl sites for hydroxylation is 1. The molecule has 9 nitrogen and oxygen atoms in total. The van der Waals surface area contributed by atoms with Gasteiger partial charge in [0.05, 0.1) is 4.92 Å². The van der Waals surface area contributed by atoms with Gasteiger partial charge in [-0.25, -0.2) is 4.79 Å². The topological polar surface area (TPSA) is 138 Å². The molecule has 0 unspecified atom stereocenters. The van der Waals surface area contributed by atoms with E-state index in [1.165, 1.54) is 12.1 Å². The third-order valence-corrected chi connectivity index (χ3v) is 2.74. The summed E-state index contributed by atoms with van der Waals surface area (Å²) in [4.78, 5) is 48.6. The molecular weight excluding hydrogens is 280 g/mol. The monoisotopic (exact) mass is 290 g/mol. The van der Waals surface area contributed by atoms with Gasteiger partial charge in [0, 0.05) is 23.4 Å². The first kappa shape index (κ1) is 14.2. The third-order valence-electron chi connectivity index (χ3n) is 2.74.